The first-order chi connectivity index (χ1) is 13.6. The summed E-state index contributed by atoms with van der Waals surface area (Å²) in [4.78, 5) is 20.5. The van der Waals surface area contributed by atoms with E-state index in [1.807, 2.05) is 54.1 Å². The number of imidazole rings is 1. The number of halogens is 1. The van der Waals surface area contributed by atoms with Crippen molar-refractivity contribution in [3.63, 3.8) is 0 Å². The Bertz CT molecular complexity index is 1070. The van der Waals surface area contributed by atoms with Gasteiger partial charge in [-0.3, -0.25) is 4.79 Å². The lowest BCUT2D eigenvalue weighted by atomic mass is 10.0. The van der Waals surface area contributed by atoms with Gasteiger partial charge in [-0.05, 0) is 35.9 Å². The van der Waals surface area contributed by atoms with Crippen LogP contribution in [0.5, 0.6) is 11.6 Å². The fraction of sp³-hybridized carbons (Fsp3) is 0.190. The number of carbonyl (C=O) groups excluding carboxylic acids is 1. The van der Waals surface area contributed by atoms with Crippen LogP contribution in [0, 0.1) is 5.92 Å². The van der Waals surface area contributed by atoms with Crippen molar-refractivity contribution in [2.45, 2.75) is 13.0 Å². The average Bonchev–Trinajstić information content (AvgIpc) is 3.03. The zero-order chi connectivity index (χ0) is 19.5. The van der Waals surface area contributed by atoms with Crippen LogP contribution >= 0.6 is 11.6 Å². The number of aromatic nitrogens is 3. The molecule has 7 heteroatoms. The van der Waals surface area contributed by atoms with Crippen molar-refractivity contribution in [1.29, 1.82) is 0 Å². The molecule has 0 radical (unpaired) electrons. The molecule has 1 atom stereocenters. The van der Waals surface area contributed by atoms with Crippen LogP contribution < -0.4 is 4.74 Å². The Morgan fingerprint density at radius 2 is 2.04 bits per heavy atom. The van der Waals surface area contributed by atoms with E-state index in [0.29, 0.717) is 23.7 Å². The van der Waals surface area contributed by atoms with E-state index in [1.165, 1.54) is 0 Å². The van der Waals surface area contributed by atoms with Crippen LogP contribution in [0.1, 0.15) is 12.2 Å². The molecule has 0 aliphatic heterocycles. The SMILES string of the molecule is Cn1c(COC2=CC=CC(C(=O)Cl)C2)nc2ccc(Oc3ccccc3)nc21. The summed E-state index contributed by atoms with van der Waals surface area (Å²) >= 11 is 5.58. The van der Waals surface area contributed by atoms with Crippen LogP contribution in [0.3, 0.4) is 0 Å². The van der Waals surface area contributed by atoms with Gasteiger partial charge in [0.2, 0.25) is 11.1 Å². The Kier molecular flexibility index (Phi) is 5.12. The molecular weight excluding hydrogens is 378 g/mol. The summed E-state index contributed by atoms with van der Waals surface area (Å²) in [5.74, 6) is 2.30. The average molecular weight is 396 g/mol. The van der Waals surface area contributed by atoms with Crippen molar-refractivity contribution in [1.82, 2.24) is 14.5 Å². The molecular formula is C21H18ClN3O3. The van der Waals surface area contributed by atoms with Crippen LogP contribution in [-0.4, -0.2) is 19.8 Å². The molecule has 0 spiro atoms. The Labute approximate surface area is 167 Å². The van der Waals surface area contributed by atoms with E-state index in [2.05, 4.69) is 9.97 Å². The molecule has 0 bridgehead atoms. The third-order valence-electron chi connectivity index (χ3n) is 4.47. The molecule has 0 fully saturated rings. The van der Waals surface area contributed by atoms with Crippen molar-refractivity contribution < 1.29 is 14.3 Å². The summed E-state index contributed by atoms with van der Waals surface area (Å²) in [6.07, 6.45) is 5.85. The number of allylic oxidation sites excluding steroid dienone is 4. The maximum absolute atomic E-state index is 11.3. The van der Waals surface area contributed by atoms with Gasteiger partial charge in [0.1, 0.15) is 23.7 Å². The number of fused-ring (bicyclic) bond motifs is 1. The van der Waals surface area contributed by atoms with E-state index in [0.717, 1.165) is 17.1 Å². The highest BCUT2D eigenvalue weighted by atomic mass is 35.5. The number of hydrogen-bond donors (Lipinski definition) is 0. The number of nitrogens with zero attached hydrogens (tertiary/aromatic N) is 3. The number of pyridine rings is 1. The lowest BCUT2D eigenvalue weighted by molar-refractivity contribution is -0.114. The molecule has 6 nitrogen and oxygen atoms in total. The second-order valence-electron chi connectivity index (χ2n) is 6.42. The topological polar surface area (TPSA) is 66.2 Å². The normalized spacial score (nSPS) is 16.1. The predicted octanol–water partition coefficient (Wildman–Crippen LogP) is 4.50. The maximum Gasteiger partial charge on any atom is 0.228 e. The van der Waals surface area contributed by atoms with Gasteiger partial charge in [-0.2, -0.15) is 4.98 Å². The molecule has 1 aliphatic carbocycles. The number of carbonyl (C=O) groups is 1. The number of aryl methyl sites for hydroxylation is 1. The number of benzene rings is 1. The molecule has 2 heterocycles. The number of rotatable bonds is 6. The van der Waals surface area contributed by atoms with Crippen LogP contribution in [-0.2, 0) is 23.2 Å². The zero-order valence-corrected chi connectivity index (χ0v) is 16.0. The van der Waals surface area contributed by atoms with Gasteiger partial charge in [0.05, 0.1) is 11.7 Å². The van der Waals surface area contributed by atoms with Crippen molar-refractivity contribution in [3.05, 3.63) is 72.3 Å². The molecule has 0 amide bonds. The lowest BCUT2D eigenvalue weighted by Crippen LogP contribution is -2.11. The first-order valence-electron chi connectivity index (χ1n) is 8.85. The maximum atomic E-state index is 11.3. The van der Waals surface area contributed by atoms with E-state index in [1.54, 1.807) is 18.2 Å². The van der Waals surface area contributed by atoms with E-state index in [-0.39, 0.29) is 17.8 Å². The van der Waals surface area contributed by atoms with E-state index >= 15 is 0 Å². The highest BCUT2D eigenvalue weighted by Gasteiger charge is 2.19. The molecule has 0 saturated carbocycles. The van der Waals surface area contributed by atoms with Crippen molar-refractivity contribution in [2.75, 3.05) is 0 Å². The molecule has 3 aromatic rings. The molecule has 2 aromatic heterocycles. The third-order valence-corrected chi connectivity index (χ3v) is 4.75. The summed E-state index contributed by atoms with van der Waals surface area (Å²) in [5.41, 5.74) is 1.46. The minimum absolute atomic E-state index is 0.268. The fourth-order valence-corrected chi connectivity index (χ4v) is 3.11. The Morgan fingerprint density at radius 3 is 2.82 bits per heavy atom. The van der Waals surface area contributed by atoms with Gasteiger partial charge >= 0.3 is 0 Å². The van der Waals surface area contributed by atoms with Gasteiger partial charge in [0, 0.05) is 19.5 Å². The monoisotopic (exact) mass is 395 g/mol. The smallest absolute Gasteiger partial charge is 0.228 e. The molecule has 142 valence electrons. The second-order valence-corrected chi connectivity index (χ2v) is 6.79. The standard InChI is InChI=1S/C21H18ClN3O3/c1-25-18(13-27-16-9-5-6-14(12-16)20(22)26)23-17-10-11-19(24-21(17)25)28-15-7-3-2-4-8-15/h2-11,14H,12-13H2,1H3. The van der Waals surface area contributed by atoms with Gasteiger partial charge in [-0.1, -0.05) is 30.4 Å². The van der Waals surface area contributed by atoms with Gasteiger partial charge in [-0.15, -0.1) is 0 Å². The number of para-hydroxylation sites is 1. The van der Waals surface area contributed by atoms with Crippen molar-refractivity contribution >= 4 is 28.0 Å². The Morgan fingerprint density at radius 1 is 1.21 bits per heavy atom. The fourth-order valence-electron chi connectivity index (χ4n) is 2.96. The Hall–Kier alpha value is -3.12. The molecule has 1 aromatic carbocycles. The summed E-state index contributed by atoms with van der Waals surface area (Å²) in [5, 5.41) is -0.386. The molecule has 1 unspecified atom stereocenters. The first kappa shape index (κ1) is 18.3. The summed E-state index contributed by atoms with van der Waals surface area (Å²) in [7, 11) is 1.88. The van der Waals surface area contributed by atoms with Crippen molar-refractivity contribution in [2.24, 2.45) is 13.0 Å². The number of ether oxygens (including phenoxy) is 2. The van der Waals surface area contributed by atoms with Crippen LogP contribution in [0.4, 0.5) is 0 Å². The quantitative estimate of drug-likeness (QED) is 0.575. The van der Waals surface area contributed by atoms with Gasteiger partial charge in [0.15, 0.2) is 5.65 Å². The summed E-state index contributed by atoms with van der Waals surface area (Å²) < 4.78 is 13.5. The van der Waals surface area contributed by atoms with E-state index in [9.17, 15) is 4.79 Å². The largest absolute Gasteiger partial charge is 0.490 e. The van der Waals surface area contributed by atoms with E-state index in [4.69, 9.17) is 21.1 Å². The summed E-state index contributed by atoms with van der Waals surface area (Å²) in [6.45, 7) is 0.268. The van der Waals surface area contributed by atoms with Gasteiger partial charge in [0.25, 0.3) is 0 Å². The molecule has 0 N–H and O–H groups in total. The second kappa shape index (κ2) is 7.86. The molecule has 4 rings (SSSR count). The minimum atomic E-state index is -0.386. The van der Waals surface area contributed by atoms with E-state index < -0.39 is 0 Å². The Balaban J connectivity index is 1.49. The third kappa shape index (κ3) is 3.92. The zero-order valence-electron chi connectivity index (χ0n) is 15.2. The van der Waals surface area contributed by atoms with Crippen LogP contribution in [0.15, 0.2) is 66.5 Å². The first-order valence-corrected chi connectivity index (χ1v) is 9.23. The van der Waals surface area contributed by atoms with Gasteiger partial charge < -0.3 is 14.0 Å². The molecule has 0 saturated heterocycles. The number of hydrogen-bond acceptors (Lipinski definition) is 5. The minimum Gasteiger partial charge on any atom is -0.490 e. The highest BCUT2D eigenvalue weighted by molar-refractivity contribution is 6.64. The van der Waals surface area contributed by atoms with Crippen LogP contribution in [0.25, 0.3) is 11.2 Å². The highest BCUT2D eigenvalue weighted by Crippen LogP contribution is 2.25. The van der Waals surface area contributed by atoms with Crippen molar-refractivity contribution in [3.8, 4) is 11.6 Å². The summed E-state index contributed by atoms with van der Waals surface area (Å²) in [6, 6.07) is 13.2. The van der Waals surface area contributed by atoms with Crippen LogP contribution in [0.2, 0.25) is 0 Å². The lowest BCUT2D eigenvalue weighted by Gasteiger charge is -2.16. The molecule has 1 aliphatic rings. The van der Waals surface area contributed by atoms with Gasteiger partial charge in [-0.25, -0.2) is 4.98 Å². The predicted molar refractivity (Wildman–Crippen MR) is 106 cm³/mol. The molecule has 28 heavy (non-hydrogen) atoms.